The first-order chi connectivity index (χ1) is 13.2. The van der Waals surface area contributed by atoms with Crippen molar-refractivity contribution in [2.24, 2.45) is 5.92 Å². The summed E-state index contributed by atoms with van der Waals surface area (Å²) in [5.41, 5.74) is 1.12. The van der Waals surface area contributed by atoms with Gasteiger partial charge in [0.2, 0.25) is 0 Å². The average Bonchev–Trinajstić information content (AvgIpc) is 3.14. The molecule has 0 saturated carbocycles. The fourth-order valence-corrected chi connectivity index (χ4v) is 4.71. The second kappa shape index (κ2) is 8.50. The van der Waals surface area contributed by atoms with E-state index in [1.165, 1.54) is 0 Å². The number of methoxy groups -OCH3 is 1. The number of aliphatic hydroxyl groups is 1. The molecule has 1 fully saturated rings. The first-order valence-corrected chi connectivity index (χ1v) is 10.5. The molecule has 146 valence electrons. The van der Waals surface area contributed by atoms with Gasteiger partial charge in [-0.15, -0.1) is 11.3 Å². The van der Waals surface area contributed by atoms with Crippen molar-refractivity contribution in [2.45, 2.75) is 31.9 Å². The van der Waals surface area contributed by atoms with Crippen LogP contribution in [0.3, 0.4) is 0 Å². The highest BCUT2D eigenvalue weighted by molar-refractivity contribution is 7.10. The Morgan fingerprint density at radius 2 is 1.96 bits per heavy atom. The summed E-state index contributed by atoms with van der Waals surface area (Å²) in [6.07, 6.45) is 2.57. The molecule has 2 aliphatic heterocycles. The molecule has 1 atom stereocenters. The minimum atomic E-state index is -0.334. The topological polar surface area (TPSA) is 51.2 Å². The van der Waals surface area contributed by atoms with E-state index in [0.717, 1.165) is 66.6 Å². The first kappa shape index (κ1) is 18.6. The van der Waals surface area contributed by atoms with E-state index in [-0.39, 0.29) is 6.10 Å². The Bertz CT molecular complexity index is 741. The molecule has 1 unspecified atom stereocenters. The molecule has 27 heavy (non-hydrogen) atoms. The Kier molecular flexibility index (Phi) is 5.86. The summed E-state index contributed by atoms with van der Waals surface area (Å²) in [6, 6.07) is 8.05. The molecule has 2 aromatic rings. The summed E-state index contributed by atoms with van der Waals surface area (Å²) >= 11 is 1.64. The van der Waals surface area contributed by atoms with Crippen LogP contribution in [0.15, 0.2) is 29.6 Å². The monoisotopic (exact) mass is 389 g/mol. The Balaban J connectivity index is 1.40. The number of piperidine rings is 1. The quantitative estimate of drug-likeness (QED) is 0.841. The van der Waals surface area contributed by atoms with E-state index in [9.17, 15) is 5.11 Å². The van der Waals surface area contributed by atoms with Gasteiger partial charge in [0.05, 0.1) is 26.4 Å². The van der Waals surface area contributed by atoms with Crippen LogP contribution >= 0.6 is 11.3 Å². The number of aliphatic hydroxyl groups excluding tert-OH is 1. The van der Waals surface area contributed by atoms with Gasteiger partial charge < -0.3 is 19.3 Å². The molecule has 0 radical (unpaired) electrons. The lowest BCUT2D eigenvalue weighted by Crippen LogP contribution is -2.35. The van der Waals surface area contributed by atoms with Crippen LogP contribution in [0.2, 0.25) is 0 Å². The summed E-state index contributed by atoms with van der Waals surface area (Å²) in [5, 5.41) is 12.6. The highest BCUT2D eigenvalue weighted by Gasteiger charge is 2.27. The molecule has 2 aliphatic rings. The van der Waals surface area contributed by atoms with E-state index in [1.54, 1.807) is 18.4 Å². The highest BCUT2D eigenvalue weighted by atomic mass is 32.1. The summed E-state index contributed by atoms with van der Waals surface area (Å²) in [7, 11) is 1.70. The number of hydrogen-bond acceptors (Lipinski definition) is 6. The van der Waals surface area contributed by atoms with E-state index in [4.69, 9.17) is 14.2 Å². The van der Waals surface area contributed by atoms with Crippen LogP contribution in [0.4, 0.5) is 0 Å². The van der Waals surface area contributed by atoms with Crippen molar-refractivity contribution in [3.63, 3.8) is 0 Å². The van der Waals surface area contributed by atoms with Crippen LogP contribution in [0.5, 0.6) is 17.2 Å². The SMILES string of the molecule is COc1cc2c(cc1CN1CCC(C(O)c3cccs3)CC1)OCCCO2. The predicted molar refractivity (Wildman–Crippen MR) is 106 cm³/mol. The lowest BCUT2D eigenvalue weighted by Gasteiger charge is -2.34. The molecule has 5 nitrogen and oxygen atoms in total. The average molecular weight is 390 g/mol. The summed E-state index contributed by atoms with van der Waals surface area (Å²) in [5.74, 6) is 2.77. The molecule has 6 heteroatoms. The van der Waals surface area contributed by atoms with Crippen LogP contribution in [0, 0.1) is 5.92 Å². The van der Waals surface area contributed by atoms with Gasteiger partial charge in [-0.2, -0.15) is 0 Å². The standard InChI is InChI=1S/C21H27NO4S/c1-24-17-13-19-18(25-9-3-10-26-19)12-16(17)14-22-7-5-15(6-8-22)21(23)20-4-2-11-27-20/h2,4,11-13,15,21,23H,3,5-10,14H2,1H3. The van der Waals surface area contributed by atoms with Crippen LogP contribution < -0.4 is 14.2 Å². The number of ether oxygens (including phenoxy) is 3. The Morgan fingerprint density at radius 3 is 2.63 bits per heavy atom. The zero-order valence-electron chi connectivity index (χ0n) is 15.7. The Labute approximate surface area is 164 Å². The molecule has 0 spiro atoms. The van der Waals surface area contributed by atoms with Gasteiger partial charge in [-0.1, -0.05) is 6.07 Å². The largest absolute Gasteiger partial charge is 0.496 e. The van der Waals surface area contributed by atoms with Crippen LogP contribution in [-0.4, -0.2) is 43.4 Å². The van der Waals surface area contributed by atoms with Gasteiger partial charge in [-0.05, 0) is 49.4 Å². The fourth-order valence-electron chi connectivity index (χ4n) is 3.91. The van der Waals surface area contributed by atoms with Crippen molar-refractivity contribution >= 4 is 11.3 Å². The van der Waals surface area contributed by atoms with Gasteiger partial charge in [0.1, 0.15) is 5.75 Å². The lowest BCUT2D eigenvalue weighted by atomic mass is 9.90. The van der Waals surface area contributed by atoms with Crippen molar-refractivity contribution in [2.75, 3.05) is 33.4 Å². The molecule has 0 aliphatic carbocycles. The van der Waals surface area contributed by atoms with Gasteiger partial charge in [0.25, 0.3) is 0 Å². The number of thiophene rings is 1. The summed E-state index contributed by atoms with van der Waals surface area (Å²) in [6.45, 7) is 4.14. The third-order valence-electron chi connectivity index (χ3n) is 5.46. The van der Waals surface area contributed by atoms with Crippen molar-refractivity contribution < 1.29 is 19.3 Å². The van der Waals surface area contributed by atoms with Crippen molar-refractivity contribution in [3.8, 4) is 17.2 Å². The number of rotatable bonds is 5. The van der Waals surface area contributed by atoms with Gasteiger partial charge >= 0.3 is 0 Å². The van der Waals surface area contributed by atoms with Gasteiger partial charge in [-0.25, -0.2) is 0 Å². The zero-order valence-corrected chi connectivity index (χ0v) is 16.5. The molecule has 1 aromatic carbocycles. The van der Waals surface area contributed by atoms with E-state index in [1.807, 2.05) is 23.6 Å². The predicted octanol–water partition coefficient (Wildman–Crippen LogP) is 3.86. The van der Waals surface area contributed by atoms with Crippen molar-refractivity contribution in [1.29, 1.82) is 0 Å². The van der Waals surface area contributed by atoms with Crippen molar-refractivity contribution in [1.82, 2.24) is 4.90 Å². The van der Waals surface area contributed by atoms with E-state index >= 15 is 0 Å². The van der Waals surface area contributed by atoms with Gasteiger partial charge in [0.15, 0.2) is 11.5 Å². The van der Waals surface area contributed by atoms with E-state index < -0.39 is 0 Å². The van der Waals surface area contributed by atoms with Crippen LogP contribution in [0.25, 0.3) is 0 Å². The molecule has 3 heterocycles. The van der Waals surface area contributed by atoms with E-state index in [0.29, 0.717) is 19.1 Å². The minimum Gasteiger partial charge on any atom is -0.496 e. The Morgan fingerprint density at radius 1 is 1.22 bits per heavy atom. The first-order valence-electron chi connectivity index (χ1n) is 9.65. The molecule has 1 N–H and O–H groups in total. The number of hydrogen-bond donors (Lipinski definition) is 1. The smallest absolute Gasteiger partial charge is 0.164 e. The second-order valence-corrected chi connectivity index (χ2v) is 8.21. The fraction of sp³-hybridized carbons (Fsp3) is 0.524. The molecule has 0 bridgehead atoms. The molecule has 4 rings (SSSR count). The molecule has 1 aromatic heterocycles. The minimum absolute atomic E-state index is 0.334. The molecular weight excluding hydrogens is 362 g/mol. The highest BCUT2D eigenvalue weighted by Crippen LogP contribution is 2.38. The number of likely N-dealkylation sites (tertiary alicyclic amines) is 1. The maximum Gasteiger partial charge on any atom is 0.164 e. The normalized spacial score (nSPS) is 19.5. The number of benzene rings is 1. The van der Waals surface area contributed by atoms with Gasteiger partial charge in [0, 0.05) is 29.5 Å². The van der Waals surface area contributed by atoms with Crippen molar-refractivity contribution in [3.05, 3.63) is 40.1 Å². The van der Waals surface area contributed by atoms with Gasteiger partial charge in [-0.3, -0.25) is 4.90 Å². The summed E-state index contributed by atoms with van der Waals surface area (Å²) < 4.78 is 17.2. The number of fused-ring (bicyclic) bond motifs is 1. The van der Waals surface area contributed by atoms with Crippen LogP contribution in [-0.2, 0) is 6.54 Å². The van der Waals surface area contributed by atoms with E-state index in [2.05, 4.69) is 11.0 Å². The third kappa shape index (κ3) is 4.23. The number of nitrogens with zero attached hydrogens (tertiary/aromatic N) is 1. The molecular formula is C21H27NO4S. The lowest BCUT2D eigenvalue weighted by molar-refractivity contribution is 0.0588. The Hall–Kier alpha value is -1.76. The maximum atomic E-state index is 10.6. The molecule has 1 saturated heterocycles. The third-order valence-corrected chi connectivity index (χ3v) is 6.40. The molecule has 0 amide bonds. The zero-order chi connectivity index (χ0) is 18.6. The maximum absolute atomic E-state index is 10.6. The summed E-state index contributed by atoms with van der Waals surface area (Å²) in [4.78, 5) is 3.51. The van der Waals surface area contributed by atoms with Crippen LogP contribution in [0.1, 0.15) is 35.8 Å². The second-order valence-electron chi connectivity index (χ2n) is 7.24.